The predicted octanol–water partition coefficient (Wildman–Crippen LogP) is 2.24. The first kappa shape index (κ1) is 21.5. The van der Waals surface area contributed by atoms with E-state index in [1.54, 1.807) is 4.90 Å². The largest absolute Gasteiger partial charge is 0.503 e. The molecular formula is C25H19F2N3O5. The number of nitrogens with zero attached hydrogens (tertiary/aromatic N) is 2. The van der Waals surface area contributed by atoms with Crippen LogP contribution in [0.4, 0.5) is 8.78 Å². The number of pyridine rings is 1. The summed E-state index contributed by atoms with van der Waals surface area (Å²) in [5.74, 6) is -3.84. The van der Waals surface area contributed by atoms with Crippen molar-refractivity contribution in [1.82, 2.24) is 14.8 Å². The number of hydrogen-bond acceptors (Lipinski definition) is 5. The van der Waals surface area contributed by atoms with E-state index in [0.29, 0.717) is 12.5 Å². The van der Waals surface area contributed by atoms with Crippen LogP contribution in [-0.4, -0.2) is 38.7 Å². The summed E-state index contributed by atoms with van der Waals surface area (Å²) < 4.78 is 34.5. The lowest BCUT2D eigenvalue weighted by Crippen LogP contribution is -2.47. The van der Waals surface area contributed by atoms with E-state index < -0.39 is 46.4 Å². The normalized spacial score (nSPS) is 21.8. The Kier molecular flexibility index (Phi) is 4.75. The Hall–Kier alpha value is -4.05. The van der Waals surface area contributed by atoms with Gasteiger partial charge in [0, 0.05) is 30.8 Å². The van der Waals surface area contributed by atoms with Gasteiger partial charge in [-0.2, -0.15) is 0 Å². The number of aromatic nitrogens is 1. The fourth-order valence-electron chi connectivity index (χ4n) is 5.23. The second kappa shape index (κ2) is 7.74. The molecule has 1 fully saturated rings. The number of fused-ring (bicyclic) bond motifs is 6. The Morgan fingerprint density at radius 2 is 1.97 bits per heavy atom. The molecule has 2 aliphatic heterocycles. The number of nitrogens with one attached hydrogen (secondary N) is 1. The number of halogens is 2. The van der Waals surface area contributed by atoms with Crippen molar-refractivity contribution in [3.8, 4) is 5.75 Å². The molecule has 1 aromatic heterocycles. The number of carbonyl (C=O) groups excluding carboxylic acids is 2. The standard InChI is InChI=1S/C25H19F2N3O5/c26-14-6-5-13(17(27)8-14)9-28-24(33)16-10-29-11-19-30(25(34)21(29)23(32)22(16)31)20-15-4-2-1-3-12(15)7-18(20)35-19/h1-6,8,10,18-20,32H,7,9,11H2,(H,28,33)/t18-,19?,20-/m1/s1. The number of aromatic hydroxyl groups is 1. The van der Waals surface area contributed by atoms with Gasteiger partial charge in [-0.05, 0) is 17.2 Å². The molecule has 8 nitrogen and oxygen atoms in total. The number of rotatable bonds is 3. The molecule has 35 heavy (non-hydrogen) atoms. The van der Waals surface area contributed by atoms with Crippen LogP contribution in [0.2, 0.25) is 0 Å². The molecule has 2 N–H and O–H groups in total. The summed E-state index contributed by atoms with van der Waals surface area (Å²) in [5, 5.41) is 13.1. The maximum absolute atomic E-state index is 13.9. The first-order chi connectivity index (χ1) is 16.8. The van der Waals surface area contributed by atoms with Gasteiger partial charge in [0.15, 0.2) is 17.7 Å². The van der Waals surface area contributed by atoms with Crippen LogP contribution in [-0.2, 0) is 24.2 Å². The zero-order valence-electron chi connectivity index (χ0n) is 18.2. The van der Waals surface area contributed by atoms with Crippen LogP contribution >= 0.6 is 0 Å². The highest BCUT2D eigenvalue weighted by Crippen LogP contribution is 2.46. The molecule has 10 heteroatoms. The van der Waals surface area contributed by atoms with Crippen molar-refractivity contribution in [1.29, 1.82) is 0 Å². The van der Waals surface area contributed by atoms with Crippen molar-refractivity contribution in [3.05, 3.63) is 98.5 Å². The maximum Gasteiger partial charge on any atom is 0.277 e. The van der Waals surface area contributed by atoms with E-state index in [4.69, 9.17) is 4.74 Å². The van der Waals surface area contributed by atoms with Gasteiger partial charge in [-0.25, -0.2) is 8.78 Å². The molecule has 2 aromatic carbocycles. The Bertz CT molecular complexity index is 1470. The van der Waals surface area contributed by atoms with Crippen molar-refractivity contribution in [3.63, 3.8) is 0 Å². The van der Waals surface area contributed by atoms with Crippen molar-refractivity contribution in [2.24, 2.45) is 0 Å². The lowest BCUT2D eigenvalue weighted by atomic mass is 10.0. The highest BCUT2D eigenvalue weighted by atomic mass is 19.1. The average Bonchev–Trinajstić information content (AvgIpc) is 3.36. The molecule has 3 heterocycles. The topological polar surface area (TPSA) is 101 Å². The smallest absolute Gasteiger partial charge is 0.277 e. The number of ether oxygens (including phenoxy) is 1. The third-order valence-electron chi connectivity index (χ3n) is 6.83. The second-order valence-corrected chi connectivity index (χ2v) is 8.83. The highest BCUT2D eigenvalue weighted by Gasteiger charge is 2.52. The summed E-state index contributed by atoms with van der Waals surface area (Å²) in [6, 6.07) is 10.3. The molecule has 178 valence electrons. The van der Waals surface area contributed by atoms with Gasteiger partial charge in [-0.15, -0.1) is 0 Å². The van der Waals surface area contributed by atoms with Gasteiger partial charge in [0.1, 0.15) is 17.2 Å². The Morgan fingerprint density at radius 3 is 2.77 bits per heavy atom. The number of carbonyl (C=O) groups is 2. The zero-order chi connectivity index (χ0) is 24.4. The molecule has 6 rings (SSSR count). The minimum absolute atomic E-state index is 0.0269. The van der Waals surface area contributed by atoms with Crippen molar-refractivity contribution < 1.29 is 28.2 Å². The summed E-state index contributed by atoms with van der Waals surface area (Å²) in [5.41, 5.74) is 0.473. The van der Waals surface area contributed by atoms with E-state index in [2.05, 4.69) is 5.32 Å². The Morgan fingerprint density at radius 1 is 1.17 bits per heavy atom. The third-order valence-corrected chi connectivity index (χ3v) is 6.83. The predicted molar refractivity (Wildman–Crippen MR) is 118 cm³/mol. The minimum atomic E-state index is -1.01. The molecule has 3 aliphatic rings. The second-order valence-electron chi connectivity index (χ2n) is 8.83. The first-order valence-corrected chi connectivity index (χ1v) is 11.1. The molecule has 1 unspecified atom stereocenters. The fourth-order valence-corrected chi connectivity index (χ4v) is 5.23. The number of hydrogen-bond donors (Lipinski definition) is 2. The van der Waals surface area contributed by atoms with Crippen LogP contribution in [0, 0.1) is 11.6 Å². The van der Waals surface area contributed by atoms with Crippen LogP contribution in [0.1, 0.15) is 43.6 Å². The van der Waals surface area contributed by atoms with Gasteiger partial charge in [-0.1, -0.05) is 30.3 Å². The molecule has 0 bridgehead atoms. The van der Waals surface area contributed by atoms with Crippen LogP contribution in [0.25, 0.3) is 0 Å². The van der Waals surface area contributed by atoms with Gasteiger partial charge in [0.2, 0.25) is 5.43 Å². The van der Waals surface area contributed by atoms with E-state index in [1.165, 1.54) is 16.8 Å². The van der Waals surface area contributed by atoms with Gasteiger partial charge in [0.25, 0.3) is 11.8 Å². The van der Waals surface area contributed by atoms with Crippen molar-refractivity contribution in [2.45, 2.75) is 37.9 Å². The molecule has 0 saturated carbocycles. The molecule has 3 atom stereocenters. The maximum atomic E-state index is 13.9. The van der Waals surface area contributed by atoms with E-state index >= 15 is 0 Å². The van der Waals surface area contributed by atoms with Crippen LogP contribution in [0.5, 0.6) is 5.75 Å². The molecule has 0 radical (unpaired) electrons. The van der Waals surface area contributed by atoms with Crippen LogP contribution < -0.4 is 10.7 Å². The third kappa shape index (κ3) is 3.24. The Labute approximate surface area is 197 Å². The SMILES string of the molecule is O=C(NCc1ccc(F)cc1F)c1cn2c(c(O)c1=O)C(=O)N1C(C2)O[C@@H]2Cc3ccccc3[C@H]21. The number of benzene rings is 2. The van der Waals surface area contributed by atoms with Crippen molar-refractivity contribution in [2.75, 3.05) is 0 Å². The average molecular weight is 479 g/mol. The van der Waals surface area contributed by atoms with E-state index in [-0.39, 0.29) is 36.5 Å². The molecule has 1 saturated heterocycles. The Balaban J connectivity index is 1.30. The molecule has 2 amide bonds. The quantitative estimate of drug-likeness (QED) is 0.600. The summed E-state index contributed by atoms with van der Waals surface area (Å²) in [7, 11) is 0. The lowest BCUT2D eigenvalue weighted by molar-refractivity contribution is -0.0149. The summed E-state index contributed by atoms with van der Waals surface area (Å²) >= 11 is 0. The van der Waals surface area contributed by atoms with Crippen LogP contribution in [0.15, 0.2) is 53.5 Å². The van der Waals surface area contributed by atoms with Gasteiger partial charge in [0.05, 0.1) is 18.7 Å². The van der Waals surface area contributed by atoms with E-state index in [9.17, 15) is 28.3 Å². The summed E-state index contributed by atoms with van der Waals surface area (Å²) in [4.78, 5) is 40.5. The number of amides is 2. The van der Waals surface area contributed by atoms with Gasteiger partial charge in [-0.3, -0.25) is 19.3 Å². The zero-order valence-corrected chi connectivity index (χ0v) is 18.2. The summed E-state index contributed by atoms with van der Waals surface area (Å²) in [6.07, 6.45) is 0.992. The van der Waals surface area contributed by atoms with Crippen molar-refractivity contribution >= 4 is 11.8 Å². The van der Waals surface area contributed by atoms with Crippen LogP contribution in [0.3, 0.4) is 0 Å². The highest BCUT2D eigenvalue weighted by molar-refractivity contribution is 5.99. The summed E-state index contributed by atoms with van der Waals surface area (Å²) in [6.45, 7) is -0.176. The monoisotopic (exact) mass is 479 g/mol. The molecule has 1 aliphatic carbocycles. The minimum Gasteiger partial charge on any atom is -0.503 e. The lowest BCUT2D eigenvalue weighted by Gasteiger charge is -2.34. The fraction of sp³-hybridized carbons (Fsp3) is 0.240. The van der Waals surface area contributed by atoms with E-state index in [1.807, 2.05) is 24.3 Å². The molecule has 3 aromatic rings. The van der Waals surface area contributed by atoms with Gasteiger partial charge >= 0.3 is 0 Å². The van der Waals surface area contributed by atoms with Gasteiger partial charge < -0.3 is 19.7 Å². The van der Waals surface area contributed by atoms with E-state index in [0.717, 1.165) is 17.2 Å². The first-order valence-electron chi connectivity index (χ1n) is 11.1. The molecule has 0 spiro atoms. The molecular weight excluding hydrogens is 460 g/mol.